The molecular formula is C15H24F3N3. The van der Waals surface area contributed by atoms with Crippen LogP contribution in [0.15, 0.2) is 12.4 Å². The Morgan fingerprint density at radius 1 is 1.29 bits per heavy atom. The molecule has 21 heavy (non-hydrogen) atoms. The van der Waals surface area contributed by atoms with Crippen LogP contribution in [0.5, 0.6) is 0 Å². The molecule has 0 aliphatic heterocycles. The highest BCUT2D eigenvalue weighted by Crippen LogP contribution is 2.42. The number of aromatic nitrogens is 2. The molecule has 0 saturated heterocycles. The lowest BCUT2D eigenvalue weighted by atomic mass is 9.78. The first-order chi connectivity index (χ1) is 9.97. The number of aryl methyl sites for hydroxylation is 1. The van der Waals surface area contributed by atoms with Gasteiger partial charge in [0.15, 0.2) is 0 Å². The van der Waals surface area contributed by atoms with Crippen LogP contribution in [0.25, 0.3) is 0 Å². The van der Waals surface area contributed by atoms with Gasteiger partial charge >= 0.3 is 6.18 Å². The summed E-state index contributed by atoms with van der Waals surface area (Å²) in [5, 5.41) is 3.42. The summed E-state index contributed by atoms with van der Waals surface area (Å²) in [6.45, 7) is 5.69. The standard InChI is InChI=1S/C15H24F3N3/c1-3-19-13(14-20-9-10-21(14)4-2)11-5-7-12(8-6-11)15(16,17)18/h9-13,19H,3-8H2,1-2H3. The van der Waals surface area contributed by atoms with Gasteiger partial charge in [0, 0.05) is 18.9 Å². The zero-order valence-corrected chi connectivity index (χ0v) is 12.7. The molecule has 1 aliphatic rings. The summed E-state index contributed by atoms with van der Waals surface area (Å²) < 4.78 is 40.4. The van der Waals surface area contributed by atoms with Crippen molar-refractivity contribution in [3.05, 3.63) is 18.2 Å². The van der Waals surface area contributed by atoms with E-state index in [0.29, 0.717) is 12.8 Å². The van der Waals surface area contributed by atoms with Gasteiger partial charge in [-0.1, -0.05) is 6.92 Å². The van der Waals surface area contributed by atoms with Crippen LogP contribution in [0, 0.1) is 11.8 Å². The van der Waals surface area contributed by atoms with Crippen molar-refractivity contribution in [3.63, 3.8) is 0 Å². The number of halogens is 3. The predicted molar refractivity (Wildman–Crippen MR) is 75.8 cm³/mol. The van der Waals surface area contributed by atoms with E-state index in [0.717, 1.165) is 18.9 Å². The molecule has 1 fully saturated rings. The lowest BCUT2D eigenvalue weighted by Crippen LogP contribution is -2.35. The van der Waals surface area contributed by atoms with Gasteiger partial charge in [0.25, 0.3) is 0 Å². The predicted octanol–water partition coefficient (Wildman–Crippen LogP) is 3.92. The average Bonchev–Trinajstić information content (AvgIpc) is 2.92. The Balaban J connectivity index is 2.07. The molecule has 2 rings (SSSR count). The zero-order valence-electron chi connectivity index (χ0n) is 12.7. The Kier molecular flexibility index (Phi) is 5.30. The third-order valence-electron chi connectivity index (χ3n) is 4.50. The molecule has 1 aromatic rings. The molecule has 1 N–H and O–H groups in total. The van der Waals surface area contributed by atoms with Gasteiger partial charge in [0.1, 0.15) is 5.82 Å². The van der Waals surface area contributed by atoms with Crippen molar-refractivity contribution in [2.24, 2.45) is 11.8 Å². The van der Waals surface area contributed by atoms with Crippen LogP contribution in [-0.2, 0) is 6.54 Å². The molecule has 0 amide bonds. The summed E-state index contributed by atoms with van der Waals surface area (Å²) in [5.74, 6) is 0.0630. The van der Waals surface area contributed by atoms with E-state index < -0.39 is 12.1 Å². The van der Waals surface area contributed by atoms with Crippen LogP contribution in [0.1, 0.15) is 51.4 Å². The monoisotopic (exact) mass is 303 g/mol. The molecule has 6 heteroatoms. The second kappa shape index (κ2) is 6.81. The molecule has 1 atom stereocenters. The topological polar surface area (TPSA) is 29.9 Å². The van der Waals surface area contributed by atoms with Gasteiger partial charge in [-0.15, -0.1) is 0 Å². The summed E-state index contributed by atoms with van der Waals surface area (Å²) in [6.07, 6.45) is 1.36. The van der Waals surface area contributed by atoms with E-state index in [-0.39, 0.29) is 24.8 Å². The maximum absolute atomic E-state index is 12.8. The molecule has 1 unspecified atom stereocenters. The number of imidazole rings is 1. The van der Waals surface area contributed by atoms with Crippen LogP contribution in [0.3, 0.4) is 0 Å². The minimum atomic E-state index is -4.04. The molecule has 1 aliphatic carbocycles. The summed E-state index contributed by atoms with van der Waals surface area (Å²) >= 11 is 0. The maximum atomic E-state index is 12.8. The van der Waals surface area contributed by atoms with Gasteiger partial charge in [0.2, 0.25) is 0 Å². The van der Waals surface area contributed by atoms with E-state index in [4.69, 9.17) is 0 Å². The van der Waals surface area contributed by atoms with E-state index in [1.54, 1.807) is 6.20 Å². The van der Waals surface area contributed by atoms with Gasteiger partial charge in [-0.05, 0) is 45.1 Å². The van der Waals surface area contributed by atoms with Gasteiger partial charge in [-0.25, -0.2) is 4.98 Å². The summed E-state index contributed by atoms with van der Waals surface area (Å²) in [6, 6.07) is 0.0548. The Labute approximate surface area is 123 Å². The fourth-order valence-corrected chi connectivity index (χ4v) is 3.34. The van der Waals surface area contributed by atoms with Crippen molar-refractivity contribution in [2.45, 2.75) is 58.3 Å². The van der Waals surface area contributed by atoms with Crippen molar-refractivity contribution in [2.75, 3.05) is 6.54 Å². The van der Waals surface area contributed by atoms with E-state index in [1.807, 2.05) is 13.1 Å². The minimum absolute atomic E-state index is 0.0548. The Morgan fingerprint density at radius 3 is 2.48 bits per heavy atom. The third kappa shape index (κ3) is 3.78. The highest BCUT2D eigenvalue weighted by molar-refractivity contribution is 5.02. The molecule has 3 nitrogen and oxygen atoms in total. The second-order valence-electron chi connectivity index (χ2n) is 5.76. The molecule has 120 valence electrons. The lowest BCUT2D eigenvalue weighted by Gasteiger charge is -2.34. The van der Waals surface area contributed by atoms with Crippen molar-refractivity contribution in [3.8, 4) is 0 Å². The first kappa shape index (κ1) is 16.3. The third-order valence-corrected chi connectivity index (χ3v) is 4.50. The van der Waals surface area contributed by atoms with Gasteiger partial charge in [-0.2, -0.15) is 13.2 Å². The zero-order chi connectivity index (χ0) is 15.5. The Bertz CT molecular complexity index is 434. The normalized spacial score (nSPS) is 25.0. The number of hydrogen-bond donors (Lipinski definition) is 1. The Hall–Kier alpha value is -1.04. The van der Waals surface area contributed by atoms with E-state index in [2.05, 4.69) is 21.8 Å². The molecule has 0 radical (unpaired) electrons. The van der Waals surface area contributed by atoms with Crippen molar-refractivity contribution in [1.29, 1.82) is 0 Å². The van der Waals surface area contributed by atoms with Crippen LogP contribution in [0.4, 0.5) is 13.2 Å². The van der Waals surface area contributed by atoms with E-state index in [9.17, 15) is 13.2 Å². The van der Waals surface area contributed by atoms with Gasteiger partial charge < -0.3 is 9.88 Å². The molecule has 0 spiro atoms. The second-order valence-corrected chi connectivity index (χ2v) is 5.76. The van der Waals surface area contributed by atoms with Crippen LogP contribution >= 0.6 is 0 Å². The van der Waals surface area contributed by atoms with Crippen molar-refractivity contribution >= 4 is 0 Å². The molecule has 1 aromatic heterocycles. The average molecular weight is 303 g/mol. The highest BCUT2D eigenvalue weighted by atomic mass is 19.4. The quantitative estimate of drug-likeness (QED) is 0.893. The smallest absolute Gasteiger partial charge is 0.334 e. The SMILES string of the molecule is CCNC(c1nccn1CC)C1CCC(C(F)(F)F)CC1. The molecule has 1 heterocycles. The fraction of sp³-hybridized carbons (Fsp3) is 0.800. The van der Waals surface area contributed by atoms with Crippen LogP contribution < -0.4 is 5.32 Å². The van der Waals surface area contributed by atoms with Crippen molar-refractivity contribution in [1.82, 2.24) is 14.9 Å². The molecular weight excluding hydrogens is 279 g/mol. The largest absolute Gasteiger partial charge is 0.391 e. The maximum Gasteiger partial charge on any atom is 0.391 e. The number of hydrogen-bond acceptors (Lipinski definition) is 2. The van der Waals surface area contributed by atoms with E-state index in [1.165, 1.54) is 0 Å². The molecule has 0 bridgehead atoms. The van der Waals surface area contributed by atoms with Crippen LogP contribution in [-0.4, -0.2) is 22.3 Å². The summed E-state index contributed by atoms with van der Waals surface area (Å²) in [5.41, 5.74) is 0. The number of rotatable bonds is 5. The fourth-order valence-electron chi connectivity index (χ4n) is 3.34. The molecule has 0 aromatic carbocycles. The first-order valence-electron chi connectivity index (χ1n) is 7.78. The first-order valence-corrected chi connectivity index (χ1v) is 7.78. The van der Waals surface area contributed by atoms with Gasteiger partial charge in [0.05, 0.1) is 12.0 Å². The molecule has 1 saturated carbocycles. The Morgan fingerprint density at radius 2 is 1.95 bits per heavy atom. The van der Waals surface area contributed by atoms with Gasteiger partial charge in [-0.3, -0.25) is 0 Å². The van der Waals surface area contributed by atoms with E-state index >= 15 is 0 Å². The van der Waals surface area contributed by atoms with Crippen molar-refractivity contribution < 1.29 is 13.2 Å². The van der Waals surface area contributed by atoms with Crippen LogP contribution in [0.2, 0.25) is 0 Å². The minimum Gasteiger partial charge on any atom is -0.334 e. The number of nitrogens with zero attached hydrogens (tertiary/aromatic N) is 2. The lowest BCUT2D eigenvalue weighted by molar-refractivity contribution is -0.184. The highest BCUT2D eigenvalue weighted by Gasteiger charge is 2.43. The summed E-state index contributed by atoms with van der Waals surface area (Å²) in [7, 11) is 0. The number of nitrogens with one attached hydrogen (secondary N) is 1. The number of alkyl halides is 3. The summed E-state index contributed by atoms with van der Waals surface area (Å²) in [4.78, 5) is 4.43.